The number of rotatable bonds is 8. The number of carbonyl (C=O) groups excluding carboxylic acids is 2. The van der Waals surface area contributed by atoms with Crippen molar-refractivity contribution in [2.75, 3.05) is 19.6 Å². The third-order valence-electron chi connectivity index (χ3n) is 9.37. The Labute approximate surface area is 253 Å². The van der Waals surface area contributed by atoms with Crippen LogP contribution in [0.1, 0.15) is 56.0 Å². The number of thiophene rings is 1. The lowest BCUT2D eigenvalue weighted by molar-refractivity contribution is -0.199. The van der Waals surface area contributed by atoms with Crippen LogP contribution >= 0.6 is 27.3 Å². The highest BCUT2D eigenvalue weighted by molar-refractivity contribution is 9.10. The highest BCUT2D eigenvalue weighted by atomic mass is 79.9. The minimum atomic E-state index is -1.05. The monoisotopic (exact) mass is 640 g/mol. The van der Waals surface area contributed by atoms with Crippen LogP contribution in [-0.4, -0.2) is 70.2 Å². The van der Waals surface area contributed by atoms with Gasteiger partial charge in [-0.1, -0.05) is 26.0 Å². The number of aliphatic hydroxyl groups is 1. The number of esters is 1. The normalized spacial score (nSPS) is 29.8. The molecule has 2 aliphatic heterocycles. The molecule has 5 atom stereocenters. The molecular weight excluding hydrogens is 604 g/mol. The van der Waals surface area contributed by atoms with Gasteiger partial charge in [-0.25, -0.2) is 0 Å². The fraction of sp³-hybridized carbons (Fsp3) is 0.500. The molecule has 2 bridgehead atoms. The molecule has 2 aromatic rings. The van der Waals surface area contributed by atoms with E-state index in [2.05, 4.69) is 41.3 Å². The van der Waals surface area contributed by atoms with E-state index in [0.29, 0.717) is 50.3 Å². The maximum absolute atomic E-state index is 13.9. The Balaban J connectivity index is 1.45. The summed E-state index contributed by atoms with van der Waals surface area (Å²) in [6, 6.07) is 5.49. The molecule has 1 N–H and O–H groups in total. The van der Waals surface area contributed by atoms with Crippen molar-refractivity contribution >= 4 is 45.2 Å². The first kappa shape index (κ1) is 28.6. The molecule has 2 fully saturated rings. The van der Waals surface area contributed by atoms with Gasteiger partial charge in [0.2, 0.25) is 5.91 Å². The number of benzene rings is 1. The van der Waals surface area contributed by atoms with Gasteiger partial charge in [-0.2, -0.15) is 0 Å². The molecule has 1 aromatic carbocycles. The van der Waals surface area contributed by atoms with Crippen LogP contribution in [0.2, 0.25) is 0 Å². The summed E-state index contributed by atoms with van der Waals surface area (Å²) < 4.78 is 13.5. The lowest BCUT2D eigenvalue weighted by Crippen LogP contribution is -2.78. The number of hydrogen-bond donors (Lipinski definition) is 1. The molecule has 0 unspecified atom stereocenters. The molecule has 9 heteroatoms. The predicted octanol–water partition coefficient (Wildman–Crippen LogP) is 5.34. The number of nitrogens with zero attached hydrogens (tertiary/aromatic N) is 2. The van der Waals surface area contributed by atoms with Crippen molar-refractivity contribution < 1.29 is 24.2 Å². The van der Waals surface area contributed by atoms with E-state index in [1.54, 1.807) is 17.4 Å². The lowest BCUT2D eigenvalue weighted by atomic mass is 9.48. The summed E-state index contributed by atoms with van der Waals surface area (Å²) in [5.41, 5.74) is 0.329. The summed E-state index contributed by atoms with van der Waals surface area (Å²) in [7, 11) is 0. The van der Waals surface area contributed by atoms with Crippen molar-refractivity contribution in [2.24, 2.45) is 5.92 Å². The van der Waals surface area contributed by atoms with E-state index in [1.165, 1.54) is 6.92 Å². The van der Waals surface area contributed by atoms with Gasteiger partial charge >= 0.3 is 5.97 Å². The molecule has 1 saturated heterocycles. The largest absolute Gasteiger partial charge is 0.483 e. The number of likely N-dealkylation sites (tertiary alicyclic amines) is 1. The van der Waals surface area contributed by atoms with E-state index in [4.69, 9.17) is 9.47 Å². The van der Waals surface area contributed by atoms with Crippen molar-refractivity contribution in [3.8, 4) is 11.5 Å². The molecule has 41 heavy (non-hydrogen) atoms. The fourth-order valence-corrected chi connectivity index (χ4v) is 9.32. The molecule has 2 aliphatic carbocycles. The zero-order valence-corrected chi connectivity index (χ0v) is 26.2. The first-order valence-electron chi connectivity index (χ1n) is 14.4. The topological polar surface area (TPSA) is 79.3 Å². The smallest absolute Gasteiger partial charge is 0.308 e. The van der Waals surface area contributed by atoms with Gasteiger partial charge in [-0.15, -0.1) is 17.9 Å². The molecule has 3 heterocycles. The Morgan fingerprint density at radius 1 is 1.37 bits per heavy atom. The van der Waals surface area contributed by atoms with Gasteiger partial charge < -0.3 is 19.5 Å². The summed E-state index contributed by atoms with van der Waals surface area (Å²) in [6.07, 6.45) is 7.50. The third kappa shape index (κ3) is 4.51. The van der Waals surface area contributed by atoms with E-state index in [0.717, 1.165) is 27.0 Å². The fourth-order valence-electron chi connectivity index (χ4n) is 7.98. The van der Waals surface area contributed by atoms with Crippen molar-refractivity contribution in [1.82, 2.24) is 9.80 Å². The maximum atomic E-state index is 13.9. The van der Waals surface area contributed by atoms with Gasteiger partial charge in [0.1, 0.15) is 6.10 Å². The third-order valence-corrected chi connectivity index (χ3v) is 11.0. The average Bonchev–Trinajstić information content (AvgIpc) is 3.49. The Hall–Kier alpha value is -2.46. The SMILES string of the molecule is C=CCN1CC[C@]23c4c5ccc(OC(C)=O)c4O[C@H]2[C@@H](N(CC(C)C)C(=O)/C=C/c2cc(Br)cs2)CC[C@@]3(O)[C@H]1C5. The van der Waals surface area contributed by atoms with Crippen molar-refractivity contribution in [2.45, 2.75) is 75.7 Å². The highest BCUT2D eigenvalue weighted by Crippen LogP contribution is 2.66. The van der Waals surface area contributed by atoms with Gasteiger partial charge in [0.15, 0.2) is 11.5 Å². The number of halogens is 1. The summed E-state index contributed by atoms with van der Waals surface area (Å²) in [6.45, 7) is 11.6. The second-order valence-corrected chi connectivity index (χ2v) is 14.1. The Bertz CT molecular complexity index is 1420. The van der Waals surface area contributed by atoms with Gasteiger partial charge in [0.25, 0.3) is 0 Å². The average molecular weight is 642 g/mol. The van der Waals surface area contributed by atoms with Crippen LogP contribution in [-0.2, 0) is 21.4 Å². The molecule has 218 valence electrons. The highest BCUT2D eigenvalue weighted by Gasteiger charge is 2.73. The van der Waals surface area contributed by atoms with Crippen LogP contribution in [0.15, 0.2) is 46.8 Å². The van der Waals surface area contributed by atoms with Gasteiger partial charge in [-0.3, -0.25) is 14.5 Å². The Morgan fingerprint density at radius 2 is 2.17 bits per heavy atom. The molecule has 7 nitrogen and oxygen atoms in total. The Kier molecular flexibility index (Phi) is 7.46. The first-order chi connectivity index (χ1) is 19.6. The number of piperidine rings is 1. The number of hydrogen-bond acceptors (Lipinski definition) is 7. The van der Waals surface area contributed by atoms with Crippen molar-refractivity contribution in [3.63, 3.8) is 0 Å². The molecule has 1 saturated carbocycles. The van der Waals surface area contributed by atoms with Crippen LogP contribution in [0, 0.1) is 5.92 Å². The van der Waals surface area contributed by atoms with E-state index < -0.39 is 23.1 Å². The zero-order chi connectivity index (χ0) is 29.1. The van der Waals surface area contributed by atoms with Crippen LogP contribution in [0.5, 0.6) is 11.5 Å². The van der Waals surface area contributed by atoms with E-state index in [9.17, 15) is 14.7 Å². The molecular formula is C32H37BrN2O5S. The number of carbonyl (C=O) groups is 2. The summed E-state index contributed by atoms with van der Waals surface area (Å²) in [5, 5.41) is 14.8. The molecule has 1 spiro atoms. The number of ether oxygens (including phenoxy) is 2. The van der Waals surface area contributed by atoms with Gasteiger partial charge in [-0.05, 0) is 77.8 Å². The van der Waals surface area contributed by atoms with E-state index in [-0.39, 0.29) is 23.9 Å². The molecule has 4 aliphatic rings. The summed E-state index contributed by atoms with van der Waals surface area (Å²) in [5.74, 6) is 0.704. The maximum Gasteiger partial charge on any atom is 0.308 e. The Morgan fingerprint density at radius 3 is 2.85 bits per heavy atom. The molecule has 0 radical (unpaired) electrons. The second kappa shape index (κ2) is 10.7. The predicted molar refractivity (Wildman–Crippen MR) is 163 cm³/mol. The minimum Gasteiger partial charge on any atom is -0.483 e. The zero-order valence-electron chi connectivity index (χ0n) is 23.8. The van der Waals surface area contributed by atoms with E-state index >= 15 is 0 Å². The number of amides is 1. The lowest BCUT2D eigenvalue weighted by Gasteiger charge is -2.64. The quantitative estimate of drug-likeness (QED) is 0.182. The summed E-state index contributed by atoms with van der Waals surface area (Å²) in [4.78, 5) is 31.3. The molecule has 1 aromatic heterocycles. The van der Waals surface area contributed by atoms with Crippen LogP contribution < -0.4 is 9.47 Å². The van der Waals surface area contributed by atoms with E-state index in [1.807, 2.05) is 40.6 Å². The van der Waals surface area contributed by atoms with Crippen LogP contribution in [0.4, 0.5) is 0 Å². The standard InChI is InChI=1S/C32H37BrN2O5S/c1-5-13-34-14-12-31-28-21-6-8-25(39-20(4)36)29(28)40-30(31)24(10-11-32(31,38)26(34)15-21)35(17-19(2)3)27(37)9-7-23-16-22(33)18-41-23/h5-9,16,18-19,24,26,30,38H,1,10-15,17H2,2-4H3/b9-7+/t24-,26+,30-,31-,32+/m0/s1. The first-order valence-corrected chi connectivity index (χ1v) is 16.1. The molecule has 6 rings (SSSR count). The van der Waals surface area contributed by atoms with Crippen LogP contribution in [0.3, 0.4) is 0 Å². The molecule has 1 amide bonds. The minimum absolute atomic E-state index is 0.0634. The summed E-state index contributed by atoms with van der Waals surface area (Å²) >= 11 is 5.06. The van der Waals surface area contributed by atoms with Crippen molar-refractivity contribution in [3.05, 3.63) is 62.8 Å². The van der Waals surface area contributed by atoms with Crippen molar-refractivity contribution in [1.29, 1.82) is 0 Å². The van der Waals surface area contributed by atoms with Gasteiger partial charge in [0.05, 0.1) is 17.1 Å². The second-order valence-electron chi connectivity index (χ2n) is 12.2. The van der Waals surface area contributed by atoms with Gasteiger partial charge in [0, 0.05) is 52.4 Å². The van der Waals surface area contributed by atoms with Crippen LogP contribution in [0.25, 0.3) is 6.08 Å².